The van der Waals surface area contributed by atoms with Crippen LogP contribution >= 0.6 is 0 Å². The maximum Gasteiger partial charge on any atom is 0.293 e. The molecule has 0 aliphatic carbocycles. The van der Waals surface area contributed by atoms with Gasteiger partial charge >= 0.3 is 0 Å². The maximum absolute atomic E-state index is 10.5. The fourth-order valence-electron chi connectivity index (χ4n) is 2.23. The van der Waals surface area contributed by atoms with Gasteiger partial charge in [-0.15, -0.1) is 5.73 Å². The average Bonchev–Trinajstić information content (AvgIpc) is 2.47. The molecule has 0 fully saturated rings. The van der Waals surface area contributed by atoms with Crippen molar-refractivity contribution in [3.8, 4) is 0 Å². The fraction of sp³-hybridized carbons (Fsp3) is 0.778. The molecule has 4 nitrogen and oxygen atoms in total. The predicted octanol–water partition coefficient (Wildman–Crippen LogP) is 3.51. The van der Waals surface area contributed by atoms with E-state index in [1.54, 1.807) is 6.08 Å². The first-order chi connectivity index (χ1) is 10.6. The summed E-state index contributed by atoms with van der Waals surface area (Å²) in [5, 5.41) is 19.6. The van der Waals surface area contributed by atoms with Crippen molar-refractivity contribution in [3.05, 3.63) is 17.9 Å². The fourth-order valence-corrected chi connectivity index (χ4v) is 2.23. The van der Waals surface area contributed by atoms with Gasteiger partial charge in [0.15, 0.2) is 0 Å². The molecule has 0 saturated heterocycles. The highest BCUT2D eigenvalue weighted by atomic mass is 16.5. The normalized spacial score (nSPS) is 14.5. The van der Waals surface area contributed by atoms with E-state index in [1.165, 1.54) is 6.08 Å². The molecule has 0 bridgehead atoms. The van der Waals surface area contributed by atoms with Gasteiger partial charge in [0, 0.05) is 6.42 Å². The van der Waals surface area contributed by atoms with Gasteiger partial charge in [0.1, 0.15) is 6.10 Å². The molecule has 0 heterocycles. The van der Waals surface area contributed by atoms with Crippen LogP contribution in [0, 0.1) is 0 Å². The maximum atomic E-state index is 10.5. The van der Waals surface area contributed by atoms with Gasteiger partial charge in [-0.25, -0.2) is 0 Å². The summed E-state index contributed by atoms with van der Waals surface area (Å²) in [4.78, 5) is 10.5. The standard InChI is InChI=1S/C18H32O4/c1-3-5-7-10-16(20)14-17(21)11-9-13-18(22-15-19)12-8-6-4-2/h11,13,15-18,20-21H,3-8,10,12,14H2,1-2H3/t9?,16-,17+,18+/m0/s1. The first-order valence-corrected chi connectivity index (χ1v) is 8.51. The Hall–Kier alpha value is -1.09. The van der Waals surface area contributed by atoms with E-state index in [2.05, 4.69) is 19.6 Å². The van der Waals surface area contributed by atoms with E-state index in [0.717, 1.165) is 51.4 Å². The molecule has 0 aromatic rings. The van der Waals surface area contributed by atoms with Crippen LogP contribution in [0.15, 0.2) is 17.9 Å². The van der Waals surface area contributed by atoms with Crippen LogP contribution in [-0.4, -0.2) is 35.0 Å². The van der Waals surface area contributed by atoms with Crippen molar-refractivity contribution in [2.24, 2.45) is 0 Å². The van der Waals surface area contributed by atoms with Gasteiger partial charge in [-0.3, -0.25) is 4.79 Å². The highest BCUT2D eigenvalue weighted by Gasteiger charge is 2.09. The first-order valence-electron chi connectivity index (χ1n) is 8.51. The third-order valence-electron chi connectivity index (χ3n) is 3.55. The van der Waals surface area contributed by atoms with E-state index in [1.807, 2.05) is 0 Å². The molecule has 0 radical (unpaired) electrons. The molecule has 22 heavy (non-hydrogen) atoms. The molecule has 0 aromatic carbocycles. The minimum Gasteiger partial charge on any atom is -0.460 e. The second kappa shape index (κ2) is 14.8. The molecule has 0 aliphatic rings. The van der Waals surface area contributed by atoms with Crippen LogP contribution in [0.25, 0.3) is 0 Å². The average molecular weight is 312 g/mol. The molecular formula is C18H32O4. The number of aliphatic hydroxyl groups is 2. The topological polar surface area (TPSA) is 66.8 Å². The Morgan fingerprint density at radius 1 is 1.00 bits per heavy atom. The Labute approximate surface area is 134 Å². The van der Waals surface area contributed by atoms with Crippen LogP contribution in [-0.2, 0) is 9.53 Å². The molecular weight excluding hydrogens is 280 g/mol. The summed E-state index contributed by atoms with van der Waals surface area (Å²) in [6, 6.07) is 0. The van der Waals surface area contributed by atoms with Crippen molar-refractivity contribution in [2.75, 3.05) is 0 Å². The Kier molecular flexibility index (Phi) is 14.1. The lowest BCUT2D eigenvalue weighted by atomic mass is 10.0. The summed E-state index contributed by atoms with van der Waals surface area (Å²) in [5.74, 6) is 0. The molecule has 0 spiro atoms. The molecule has 2 N–H and O–H groups in total. The first kappa shape index (κ1) is 20.9. The Morgan fingerprint density at radius 2 is 1.64 bits per heavy atom. The van der Waals surface area contributed by atoms with E-state index < -0.39 is 12.2 Å². The zero-order chi connectivity index (χ0) is 16.6. The summed E-state index contributed by atoms with van der Waals surface area (Å²) in [6.45, 7) is 4.68. The van der Waals surface area contributed by atoms with Crippen LogP contribution in [0.2, 0.25) is 0 Å². The van der Waals surface area contributed by atoms with Gasteiger partial charge < -0.3 is 14.9 Å². The van der Waals surface area contributed by atoms with Crippen LogP contribution in [0.1, 0.15) is 71.6 Å². The lowest BCUT2D eigenvalue weighted by molar-refractivity contribution is -0.131. The van der Waals surface area contributed by atoms with Crippen LogP contribution in [0.5, 0.6) is 0 Å². The summed E-state index contributed by atoms with van der Waals surface area (Å²) >= 11 is 0. The number of aliphatic hydroxyl groups excluding tert-OH is 2. The highest BCUT2D eigenvalue weighted by molar-refractivity contribution is 5.37. The summed E-state index contributed by atoms with van der Waals surface area (Å²) in [6.07, 6.45) is 9.90. The highest BCUT2D eigenvalue weighted by Crippen LogP contribution is 2.10. The van der Waals surface area contributed by atoms with E-state index in [4.69, 9.17) is 4.74 Å². The van der Waals surface area contributed by atoms with Gasteiger partial charge in [0.05, 0.1) is 12.2 Å². The Morgan fingerprint density at radius 3 is 2.23 bits per heavy atom. The van der Waals surface area contributed by atoms with Crippen molar-refractivity contribution in [1.29, 1.82) is 0 Å². The smallest absolute Gasteiger partial charge is 0.293 e. The van der Waals surface area contributed by atoms with Gasteiger partial charge in [-0.05, 0) is 31.4 Å². The quantitative estimate of drug-likeness (QED) is 0.293. The van der Waals surface area contributed by atoms with Crippen molar-refractivity contribution >= 4 is 6.47 Å². The predicted molar refractivity (Wildman–Crippen MR) is 88.5 cm³/mol. The van der Waals surface area contributed by atoms with Crippen molar-refractivity contribution in [3.63, 3.8) is 0 Å². The molecule has 0 amide bonds. The number of hydrogen-bond acceptors (Lipinski definition) is 4. The Balaban J connectivity index is 4.17. The molecule has 0 unspecified atom stereocenters. The molecule has 0 aromatic heterocycles. The largest absolute Gasteiger partial charge is 0.460 e. The second-order valence-electron chi connectivity index (χ2n) is 5.72. The zero-order valence-electron chi connectivity index (χ0n) is 14.0. The van der Waals surface area contributed by atoms with E-state index >= 15 is 0 Å². The molecule has 3 atom stereocenters. The van der Waals surface area contributed by atoms with Crippen molar-refractivity contribution in [1.82, 2.24) is 0 Å². The number of carbonyl (C=O) groups excluding carboxylic acids is 1. The molecule has 0 saturated carbocycles. The number of rotatable bonds is 14. The third kappa shape index (κ3) is 12.6. The van der Waals surface area contributed by atoms with Gasteiger partial charge in [-0.2, -0.15) is 0 Å². The van der Waals surface area contributed by atoms with E-state index in [9.17, 15) is 15.0 Å². The second-order valence-corrected chi connectivity index (χ2v) is 5.72. The number of ether oxygens (including phenoxy) is 1. The lowest BCUT2D eigenvalue weighted by Gasteiger charge is -2.12. The monoisotopic (exact) mass is 312 g/mol. The minimum atomic E-state index is -0.722. The number of unbranched alkanes of at least 4 members (excludes halogenated alkanes) is 4. The third-order valence-corrected chi connectivity index (χ3v) is 3.55. The Bertz CT molecular complexity index is 321. The summed E-state index contributed by atoms with van der Waals surface area (Å²) in [5.41, 5.74) is 2.87. The zero-order valence-corrected chi connectivity index (χ0v) is 14.0. The summed E-state index contributed by atoms with van der Waals surface area (Å²) in [7, 11) is 0. The van der Waals surface area contributed by atoms with E-state index in [0.29, 0.717) is 12.9 Å². The van der Waals surface area contributed by atoms with Gasteiger partial charge in [-0.1, -0.05) is 46.0 Å². The molecule has 4 heteroatoms. The van der Waals surface area contributed by atoms with Crippen LogP contribution in [0.4, 0.5) is 0 Å². The number of hydrogen-bond donors (Lipinski definition) is 2. The van der Waals surface area contributed by atoms with Gasteiger partial charge in [0.25, 0.3) is 6.47 Å². The van der Waals surface area contributed by atoms with Gasteiger partial charge in [0.2, 0.25) is 0 Å². The lowest BCUT2D eigenvalue weighted by Crippen LogP contribution is -2.15. The minimum absolute atomic E-state index is 0.290. The van der Waals surface area contributed by atoms with E-state index in [-0.39, 0.29) is 6.10 Å². The summed E-state index contributed by atoms with van der Waals surface area (Å²) < 4.78 is 4.97. The van der Waals surface area contributed by atoms with Crippen molar-refractivity contribution in [2.45, 2.75) is 89.9 Å². The van der Waals surface area contributed by atoms with Crippen LogP contribution < -0.4 is 0 Å². The molecule has 0 rings (SSSR count). The van der Waals surface area contributed by atoms with Crippen molar-refractivity contribution < 1.29 is 19.7 Å². The molecule has 128 valence electrons. The molecule has 0 aliphatic heterocycles. The number of carbonyl (C=O) groups is 1. The SMILES string of the molecule is CCCCC[C@H](O)C[C@H](O)C=C=C[C@@H](CCCCC)OC=O. The van der Waals surface area contributed by atoms with Crippen LogP contribution in [0.3, 0.4) is 0 Å².